The second-order valence-corrected chi connectivity index (χ2v) is 7.84. The lowest BCUT2D eigenvalue weighted by molar-refractivity contribution is 0.459. The molecule has 4 rings (SSSR count). The van der Waals surface area contributed by atoms with E-state index in [2.05, 4.69) is 35.2 Å². The van der Waals surface area contributed by atoms with Gasteiger partial charge in [0.25, 0.3) is 0 Å². The van der Waals surface area contributed by atoms with Gasteiger partial charge < -0.3 is 14.7 Å². The molecule has 8 heteroatoms. The van der Waals surface area contributed by atoms with E-state index in [0.717, 1.165) is 48.5 Å². The Morgan fingerprint density at radius 2 is 1.72 bits per heavy atom. The van der Waals surface area contributed by atoms with Gasteiger partial charge in [0.2, 0.25) is 5.13 Å². The molecule has 2 fully saturated rings. The first-order valence-corrected chi connectivity index (χ1v) is 9.72. The van der Waals surface area contributed by atoms with Crippen LogP contribution in [0.15, 0.2) is 12.4 Å². The molecule has 1 saturated carbocycles. The number of anilines is 3. The van der Waals surface area contributed by atoms with Crippen LogP contribution in [0.25, 0.3) is 0 Å². The minimum atomic E-state index is 0.544. The van der Waals surface area contributed by atoms with E-state index >= 15 is 0 Å². The molecule has 2 aromatic rings. The maximum absolute atomic E-state index is 4.59. The van der Waals surface area contributed by atoms with Gasteiger partial charge in [0.1, 0.15) is 23.8 Å². The molecule has 0 amide bonds. The molecule has 0 bridgehead atoms. The molecule has 0 radical (unpaired) electrons. The Kier molecular flexibility index (Phi) is 4.45. The Bertz CT molecular complexity index is 719. The number of aromatic nitrogens is 4. The highest BCUT2D eigenvalue weighted by atomic mass is 32.1. The van der Waals surface area contributed by atoms with Gasteiger partial charge in [-0.05, 0) is 32.6 Å². The first-order valence-electron chi connectivity index (χ1n) is 8.95. The zero-order valence-electron chi connectivity index (χ0n) is 15.1. The minimum absolute atomic E-state index is 0.544. The molecule has 0 aromatic carbocycles. The minimum Gasteiger partial charge on any atom is -0.363 e. The zero-order valence-corrected chi connectivity index (χ0v) is 15.9. The highest BCUT2D eigenvalue weighted by molar-refractivity contribution is 7.09. The fourth-order valence-electron chi connectivity index (χ4n) is 3.50. The monoisotopic (exact) mass is 359 g/mol. The lowest BCUT2D eigenvalue weighted by atomic mass is 10.0. The van der Waals surface area contributed by atoms with Crippen LogP contribution >= 0.6 is 11.5 Å². The van der Waals surface area contributed by atoms with E-state index in [1.807, 2.05) is 25.9 Å². The van der Waals surface area contributed by atoms with Crippen LogP contribution in [0.2, 0.25) is 0 Å². The maximum atomic E-state index is 4.59. The van der Waals surface area contributed by atoms with E-state index in [9.17, 15) is 0 Å². The summed E-state index contributed by atoms with van der Waals surface area (Å²) in [7, 11) is 4.05. The number of rotatable bonds is 5. The standard InChI is InChI=1S/C17H25N7S/c1-12-20-17(25-21-12)23-8-6-14(7-9-23)24(13-4-5-13)16-10-15(22(2)3)18-11-19-16/h10-11,13-14H,4-9H2,1-3H3. The summed E-state index contributed by atoms with van der Waals surface area (Å²) in [6.45, 7) is 4.03. The van der Waals surface area contributed by atoms with Crippen LogP contribution in [-0.2, 0) is 0 Å². The first-order chi connectivity index (χ1) is 12.1. The summed E-state index contributed by atoms with van der Waals surface area (Å²) in [5.41, 5.74) is 0. The first kappa shape index (κ1) is 16.5. The SMILES string of the molecule is Cc1nsc(N2CCC(N(c3cc(N(C)C)ncn3)C3CC3)CC2)n1. The van der Waals surface area contributed by atoms with Gasteiger partial charge in [0, 0.05) is 56.9 Å². The molecule has 2 aliphatic rings. The Morgan fingerprint density at radius 1 is 1.04 bits per heavy atom. The summed E-state index contributed by atoms with van der Waals surface area (Å²) in [6, 6.07) is 3.31. The molecule has 3 heterocycles. The number of piperidine rings is 1. The molecule has 134 valence electrons. The normalized spacial score (nSPS) is 18.4. The third-order valence-corrected chi connectivity index (χ3v) is 5.81. The fraction of sp³-hybridized carbons (Fsp3) is 0.647. The van der Waals surface area contributed by atoms with Gasteiger partial charge >= 0.3 is 0 Å². The van der Waals surface area contributed by atoms with Gasteiger partial charge in [-0.15, -0.1) is 0 Å². The van der Waals surface area contributed by atoms with Crippen LogP contribution in [0.5, 0.6) is 0 Å². The van der Waals surface area contributed by atoms with Crippen molar-refractivity contribution in [1.29, 1.82) is 0 Å². The van der Waals surface area contributed by atoms with Crippen molar-refractivity contribution >= 4 is 28.3 Å². The van der Waals surface area contributed by atoms with E-state index in [4.69, 9.17) is 0 Å². The van der Waals surface area contributed by atoms with Crippen molar-refractivity contribution in [1.82, 2.24) is 19.3 Å². The van der Waals surface area contributed by atoms with Gasteiger partial charge in [-0.25, -0.2) is 15.0 Å². The highest BCUT2D eigenvalue weighted by Crippen LogP contribution is 2.36. The Labute approximate surface area is 152 Å². The summed E-state index contributed by atoms with van der Waals surface area (Å²) in [6.07, 6.45) is 6.51. The summed E-state index contributed by atoms with van der Waals surface area (Å²) in [5.74, 6) is 2.92. The van der Waals surface area contributed by atoms with Crippen LogP contribution < -0.4 is 14.7 Å². The van der Waals surface area contributed by atoms with Crippen molar-refractivity contribution in [2.24, 2.45) is 0 Å². The van der Waals surface area contributed by atoms with E-state index in [0.29, 0.717) is 12.1 Å². The highest BCUT2D eigenvalue weighted by Gasteiger charge is 2.37. The largest absolute Gasteiger partial charge is 0.363 e. The molecule has 1 aliphatic heterocycles. The average molecular weight is 360 g/mol. The molecule has 1 aliphatic carbocycles. The van der Waals surface area contributed by atoms with E-state index < -0.39 is 0 Å². The van der Waals surface area contributed by atoms with Crippen LogP contribution in [-0.4, -0.2) is 58.6 Å². The molecule has 7 nitrogen and oxygen atoms in total. The quantitative estimate of drug-likeness (QED) is 0.812. The molecule has 0 unspecified atom stereocenters. The summed E-state index contributed by atoms with van der Waals surface area (Å²) in [4.78, 5) is 20.5. The smallest absolute Gasteiger partial charge is 0.205 e. The molecular weight excluding hydrogens is 334 g/mol. The van der Waals surface area contributed by atoms with Gasteiger partial charge in [-0.3, -0.25) is 0 Å². The van der Waals surface area contributed by atoms with E-state index in [1.165, 1.54) is 24.4 Å². The second-order valence-electron chi connectivity index (χ2n) is 7.11. The van der Waals surface area contributed by atoms with Gasteiger partial charge in [-0.1, -0.05) is 0 Å². The summed E-state index contributed by atoms with van der Waals surface area (Å²) in [5, 5.41) is 1.06. The van der Waals surface area contributed by atoms with Crippen LogP contribution in [0.4, 0.5) is 16.8 Å². The maximum Gasteiger partial charge on any atom is 0.205 e. The van der Waals surface area contributed by atoms with Crippen LogP contribution in [0.3, 0.4) is 0 Å². The lowest BCUT2D eigenvalue weighted by Gasteiger charge is -2.39. The Balaban J connectivity index is 1.48. The molecule has 0 N–H and O–H groups in total. The summed E-state index contributed by atoms with van der Waals surface area (Å²) >= 11 is 1.51. The topological polar surface area (TPSA) is 61.3 Å². The van der Waals surface area contributed by atoms with Crippen molar-refractivity contribution in [3.63, 3.8) is 0 Å². The van der Waals surface area contributed by atoms with E-state index in [-0.39, 0.29) is 0 Å². The summed E-state index contributed by atoms with van der Waals surface area (Å²) < 4.78 is 4.31. The number of hydrogen-bond donors (Lipinski definition) is 0. The predicted octanol–water partition coefficient (Wildman–Crippen LogP) is 2.34. The molecule has 0 atom stereocenters. The fourth-order valence-corrected chi connectivity index (χ4v) is 4.22. The van der Waals surface area contributed by atoms with Crippen LogP contribution in [0.1, 0.15) is 31.5 Å². The molecular formula is C17H25N7S. The van der Waals surface area contributed by atoms with Crippen molar-refractivity contribution in [2.45, 2.75) is 44.7 Å². The van der Waals surface area contributed by atoms with Crippen LogP contribution in [0, 0.1) is 6.92 Å². The number of hydrogen-bond acceptors (Lipinski definition) is 8. The Morgan fingerprint density at radius 3 is 2.32 bits per heavy atom. The van der Waals surface area contributed by atoms with Gasteiger partial charge in [0.05, 0.1) is 0 Å². The molecule has 0 spiro atoms. The second kappa shape index (κ2) is 6.74. The molecule has 1 saturated heterocycles. The number of aryl methyl sites for hydroxylation is 1. The number of nitrogens with zero attached hydrogens (tertiary/aromatic N) is 7. The third kappa shape index (κ3) is 3.53. The zero-order chi connectivity index (χ0) is 17.4. The van der Waals surface area contributed by atoms with Gasteiger partial charge in [0.15, 0.2) is 0 Å². The van der Waals surface area contributed by atoms with Crippen molar-refractivity contribution in [3.8, 4) is 0 Å². The van der Waals surface area contributed by atoms with Crippen molar-refractivity contribution < 1.29 is 0 Å². The van der Waals surface area contributed by atoms with Crippen molar-refractivity contribution in [3.05, 3.63) is 18.2 Å². The molecule has 25 heavy (non-hydrogen) atoms. The predicted molar refractivity (Wildman–Crippen MR) is 102 cm³/mol. The van der Waals surface area contributed by atoms with Gasteiger partial charge in [-0.2, -0.15) is 4.37 Å². The molecule has 2 aromatic heterocycles. The van der Waals surface area contributed by atoms with Crippen molar-refractivity contribution in [2.75, 3.05) is 41.9 Å². The lowest BCUT2D eigenvalue weighted by Crippen LogP contribution is -2.46. The third-order valence-electron chi connectivity index (χ3n) is 4.95. The Hall–Kier alpha value is -1.96. The average Bonchev–Trinajstić information content (AvgIpc) is 3.36. The van der Waals surface area contributed by atoms with E-state index in [1.54, 1.807) is 6.33 Å².